The number of hydrogen-bond donors (Lipinski definition) is 1. The van der Waals surface area contributed by atoms with Crippen LogP contribution in [0.2, 0.25) is 0 Å². The Kier molecular flexibility index (Phi) is 5.62. The highest BCUT2D eigenvalue weighted by Crippen LogP contribution is 2.26. The second kappa shape index (κ2) is 7.24. The largest absolute Gasteiger partial charge is 0.311 e. The topological polar surface area (TPSA) is 15.3 Å². The molecule has 112 valence electrons. The summed E-state index contributed by atoms with van der Waals surface area (Å²) in [6.45, 7) is 12.8. The van der Waals surface area contributed by atoms with Gasteiger partial charge < -0.3 is 5.32 Å². The number of nitrogens with zero attached hydrogens (tertiary/aromatic N) is 1. The van der Waals surface area contributed by atoms with Gasteiger partial charge in [0.25, 0.3) is 0 Å². The van der Waals surface area contributed by atoms with Gasteiger partial charge in [-0.2, -0.15) is 0 Å². The summed E-state index contributed by atoms with van der Waals surface area (Å²) in [6, 6.07) is 12.1. The first-order valence-electron chi connectivity index (χ1n) is 8.14. The Balaban J connectivity index is 2.12. The van der Waals surface area contributed by atoms with Crippen LogP contribution in [0.4, 0.5) is 0 Å². The fourth-order valence-electron chi connectivity index (χ4n) is 3.02. The van der Waals surface area contributed by atoms with Gasteiger partial charge in [0.2, 0.25) is 0 Å². The van der Waals surface area contributed by atoms with E-state index in [4.69, 9.17) is 0 Å². The van der Waals surface area contributed by atoms with Gasteiger partial charge in [0, 0.05) is 31.7 Å². The van der Waals surface area contributed by atoms with Crippen molar-refractivity contribution in [2.45, 2.75) is 46.2 Å². The van der Waals surface area contributed by atoms with Crippen LogP contribution in [0.5, 0.6) is 0 Å². The summed E-state index contributed by atoms with van der Waals surface area (Å²) >= 11 is 0. The lowest BCUT2D eigenvalue weighted by molar-refractivity contribution is 0.0971. The zero-order chi connectivity index (χ0) is 14.5. The van der Waals surface area contributed by atoms with E-state index in [2.05, 4.69) is 68.2 Å². The summed E-state index contributed by atoms with van der Waals surface area (Å²) in [6.07, 6.45) is 1.26. The highest BCUT2D eigenvalue weighted by molar-refractivity contribution is 5.20. The Morgan fingerprint density at radius 1 is 1.20 bits per heavy atom. The highest BCUT2D eigenvalue weighted by atomic mass is 15.2. The molecule has 1 aromatic carbocycles. The van der Waals surface area contributed by atoms with E-state index in [0.717, 1.165) is 12.5 Å². The molecule has 2 rings (SSSR count). The summed E-state index contributed by atoms with van der Waals surface area (Å²) < 4.78 is 0. The molecular weight excluding hydrogens is 244 g/mol. The molecule has 2 heteroatoms. The molecule has 1 fully saturated rings. The lowest BCUT2D eigenvalue weighted by Gasteiger charge is -2.43. The first-order valence-corrected chi connectivity index (χ1v) is 8.14. The van der Waals surface area contributed by atoms with E-state index in [1.165, 1.54) is 25.1 Å². The summed E-state index contributed by atoms with van der Waals surface area (Å²) in [7, 11) is 0. The molecule has 0 radical (unpaired) electrons. The number of hydrogen-bond acceptors (Lipinski definition) is 2. The van der Waals surface area contributed by atoms with E-state index in [9.17, 15) is 0 Å². The van der Waals surface area contributed by atoms with E-state index in [1.807, 2.05) is 0 Å². The van der Waals surface area contributed by atoms with Crippen molar-refractivity contribution in [3.05, 3.63) is 35.9 Å². The lowest BCUT2D eigenvalue weighted by atomic mass is 9.94. The van der Waals surface area contributed by atoms with E-state index in [1.54, 1.807) is 0 Å². The van der Waals surface area contributed by atoms with Crippen LogP contribution in [0, 0.1) is 11.8 Å². The molecule has 3 unspecified atom stereocenters. The first-order chi connectivity index (χ1) is 9.61. The SMILES string of the molecule is CCC(C)CN1CC(C(C)C)NCC1c1ccccc1. The number of piperazine rings is 1. The van der Waals surface area contributed by atoms with Crippen LogP contribution in [-0.4, -0.2) is 30.6 Å². The number of rotatable bonds is 5. The molecule has 1 aromatic rings. The molecular formula is C18H30N2. The van der Waals surface area contributed by atoms with Gasteiger partial charge in [-0.1, -0.05) is 64.4 Å². The maximum Gasteiger partial charge on any atom is 0.0473 e. The van der Waals surface area contributed by atoms with Crippen LogP contribution in [-0.2, 0) is 0 Å². The maximum atomic E-state index is 3.75. The van der Waals surface area contributed by atoms with Crippen LogP contribution < -0.4 is 5.32 Å². The molecule has 0 spiro atoms. The molecule has 1 aliphatic rings. The van der Waals surface area contributed by atoms with Crippen molar-refractivity contribution in [1.29, 1.82) is 0 Å². The average Bonchev–Trinajstić information content (AvgIpc) is 2.47. The summed E-state index contributed by atoms with van der Waals surface area (Å²) in [5, 5.41) is 3.75. The number of nitrogens with one attached hydrogen (secondary N) is 1. The van der Waals surface area contributed by atoms with Crippen molar-refractivity contribution < 1.29 is 0 Å². The molecule has 1 saturated heterocycles. The summed E-state index contributed by atoms with van der Waals surface area (Å²) in [4.78, 5) is 2.70. The van der Waals surface area contributed by atoms with Gasteiger partial charge >= 0.3 is 0 Å². The van der Waals surface area contributed by atoms with Crippen molar-refractivity contribution in [3.63, 3.8) is 0 Å². The van der Waals surface area contributed by atoms with Crippen LogP contribution in [0.3, 0.4) is 0 Å². The molecule has 1 heterocycles. The highest BCUT2D eigenvalue weighted by Gasteiger charge is 2.30. The third-order valence-corrected chi connectivity index (χ3v) is 4.68. The minimum atomic E-state index is 0.528. The molecule has 0 saturated carbocycles. The van der Waals surface area contributed by atoms with Crippen LogP contribution in [0.15, 0.2) is 30.3 Å². The third kappa shape index (κ3) is 3.83. The predicted octanol–water partition coefficient (Wildman–Crippen LogP) is 3.70. The molecule has 1 N–H and O–H groups in total. The number of benzene rings is 1. The Hall–Kier alpha value is -0.860. The first kappa shape index (κ1) is 15.5. The molecule has 20 heavy (non-hydrogen) atoms. The van der Waals surface area contributed by atoms with Crippen molar-refractivity contribution in [1.82, 2.24) is 10.2 Å². The third-order valence-electron chi connectivity index (χ3n) is 4.68. The molecule has 2 nitrogen and oxygen atoms in total. The monoisotopic (exact) mass is 274 g/mol. The Morgan fingerprint density at radius 2 is 1.90 bits per heavy atom. The second-order valence-corrected chi connectivity index (χ2v) is 6.65. The van der Waals surface area contributed by atoms with Gasteiger partial charge in [0.1, 0.15) is 0 Å². The zero-order valence-electron chi connectivity index (χ0n) is 13.5. The molecule has 0 aliphatic carbocycles. The maximum absolute atomic E-state index is 3.75. The molecule has 0 bridgehead atoms. The smallest absolute Gasteiger partial charge is 0.0473 e. The summed E-state index contributed by atoms with van der Waals surface area (Å²) in [5.41, 5.74) is 1.45. The Morgan fingerprint density at radius 3 is 2.50 bits per heavy atom. The molecule has 1 aliphatic heterocycles. The Bertz CT molecular complexity index is 388. The van der Waals surface area contributed by atoms with Crippen LogP contribution >= 0.6 is 0 Å². The van der Waals surface area contributed by atoms with Gasteiger partial charge in [0.05, 0.1) is 0 Å². The zero-order valence-corrected chi connectivity index (χ0v) is 13.5. The lowest BCUT2D eigenvalue weighted by Crippen LogP contribution is -2.55. The molecule has 3 atom stereocenters. The van der Waals surface area contributed by atoms with Gasteiger partial charge in [-0.15, -0.1) is 0 Å². The van der Waals surface area contributed by atoms with Gasteiger partial charge in [0.15, 0.2) is 0 Å². The summed E-state index contributed by atoms with van der Waals surface area (Å²) in [5.74, 6) is 1.47. The quantitative estimate of drug-likeness (QED) is 0.880. The van der Waals surface area contributed by atoms with Crippen LogP contribution in [0.1, 0.15) is 45.7 Å². The fraction of sp³-hybridized carbons (Fsp3) is 0.667. The van der Waals surface area contributed by atoms with Gasteiger partial charge in [-0.05, 0) is 17.4 Å². The standard InChI is InChI=1S/C18H30N2/c1-5-15(4)12-20-13-17(14(2)3)19-11-18(20)16-9-7-6-8-10-16/h6-10,14-15,17-19H,5,11-13H2,1-4H3. The van der Waals surface area contributed by atoms with E-state index in [-0.39, 0.29) is 0 Å². The minimum Gasteiger partial charge on any atom is -0.311 e. The Labute approximate surface area is 124 Å². The fourth-order valence-corrected chi connectivity index (χ4v) is 3.02. The van der Waals surface area contributed by atoms with Crippen LogP contribution in [0.25, 0.3) is 0 Å². The normalized spacial score (nSPS) is 25.9. The van der Waals surface area contributed by atoms with E-state index >= 15 is 0 Å². The van der Waals surface area contributed by atoms with Crippen molar-refractivity contribution in [3.8, 4) is 0 Å². The average molecular weight is 274 g/mol. The van der Waals surface area contributed by atoms with E-state index in [0.29, 0.717) is 18.0 Å². The molecule has 0 amide bonds. The minimum absolute atomic E-state index is 0.528. The predicted molar refractivity (Wildman–Crippen MR) is 86.8 cm³/mol. The van der Waals surface area contributed by atoms with Crippen molar-refractivity contribution in [2.75, 3.05) is 19.6 Å². The van der Waals surface area contributed by atoms with Crippen molar-refractivity contribution >= 4 is 0 Å². The van der Waals surface area contributed by atoms with E-state index < -0.39 is 0 Å². The molecule has 0 aromatic heterocycles. The van der Waals surface area contributed by atoms with Gasteiger partial charge in [-0.25, -0.2) is 0 Å². The van der Waals surface area contributed by atoms with Crippen molar-refractivity contribution in [2.24, 2.45) is 11.8 Å². The van der Waals surface area contributed by atoms with Gasteiger partial charge in [-0.3, -0.25) is 4.90 Å². The second-order valence-electron chi connectivity index (χ2n) is 6.65.